The number of fused-ring (bicyclic) bond motifs is 2. The fourth-order valence-corrected chi connectivity index (χ4v) is 6.19. The number of hydrogen-bond acceptors (Lipinski definition) is 5. The highest BCUT2D eigenvalue weighted by Gasteiger charge is 2.27. The maximum atomic E-state index is 12.3. The summed E-state index contributed by atoms with van der Waals surface area (Å²) in [5.74, 6) is 0.495. The number of likely N-dealkylation sites (N-methyl/N-ethyl adjacent to an activating group) is 1. The van der Waals surface area contributed by atoms with Crippen molar-refractivity contribution in [1.82, 2.24) is 4.90 Å². The van der Waals surface area contributed by atoms with Crippen LogP contribution in [-0.4, -0.2) is 50.4 Å². The molecule has 44 heavy (non-hydrogen) atoms. The summed E-state index contributed by atoms with van der Waals surface area (Å²) < 4.78 is 17.0. The lowest BCUT2D eigenvalue weighted by Crippen LogP contribution is -2.30. The average Bonchev–Trinajstić information content (AvgIpc) is 3.22. The predicted molar refractivity (Wildman–Crippen MR) is 177 cm³/mol. The summed E-state index contributed by atoms with van der Waals surface area (Å²) in [6.07, 6.45) is 3.00. The van der Waals surface area contributed by atoms with Crippen LogP contribution in [0.25, 0.3) is 11.1 Å². The quantitative estimate of drug-likeness (QED) is 0.150. The van der Waals surface area contributed by atoms with Crippen LogP contribution < -0.4 is 4.74 Å². The smallest absolute Gasteiger partial charge is 0.335 e. The van der Waals surface area contributed by atoms with E-state index >= 15 is 0 Å². The molecule has 0 amide bonds. The molecule has 0 fully saturated rings. The molecule has 0 aliphatic heterocycles. The molecule has 0 N–H and O–H groups in total. The molecule has 0 bridgehead atoms. The van der Waals surface area contributed by atoms with Gasteiger partial charge >= 0.3 is 5.97 Å². The molecule has 2 atom stereocenters. The highest BCUT2D eigenvalue weighted by atomic mass is 16.6. The number of aryl methyl sites for hydroxylation is 3. The van der Waals surface area contributed by atoms with Crippen molar-refractivity contribution in [3.8, 4) is 16.9 Å². The molecule has 0 saturated heterocycles. The second-order valence-electron chi connectivity index (χ2n) is 11.4. The topological polar surface area (TPSA) is 48.0 Å². The summed E-state index contributed by atoms with van der Waals surface area (Å²) in [6, 6.07) is 32.8. The van der Waals surface area contributed by atoms with E-state index in [9.17, 15) is 4.79 Å². The number of esters is 1. The highest BCUT2D eigenvalue weighted by Crippen LogP contribution is 2.38. The van der Waals surface area contributed by atoms with Crippen molar-refractivity contribution in [2.75, 3.05) is 33.4 Å². The van der Waals surface area contributed by atoms with Gasteiger partial charge in [0, 0.05) is 19.6 Å². The van der Waals surface area contributed by atoms with Crippen LogP contribution in [0.3, 0.4) is 0 Å². The first-order valence-electron chi connectivity index (χ1n) is 16.0. The summed E-state index contributed by atoms with van der Waals surface area (Å²) in [5, 5.41) is 0. The van der Waals surface area contributed by atoms with Gasteiger partial charge in [-0.15, -0.1) is 0 Å². The van der Waals surface area contributed by atoms with E-state index in [2.05, 4.69) is 85.6 Å². The summed E-state index contributed by atoms with van der Waals surface area (Å²) >= 11 is 0. The lowest BCUT2D eigenvalue weighted by Gasteiger charge is -2.31. The molecule has 0 spiro atoms. The molecular weight excluding hydrogens is 546 g/mol. The predicted octanol–water partition coefficient (Wildman–Crippen LogP) is 7.63. The van der Waals surface area contributed by atoms with E-state index in [1.165, 1.54) is 38.9 Å². The first kappa shape index (κ1) is 31.5. The molecule has 0 saturated carbocycles. The van der Waals surface area contributed by atoms with E-state index in [4.69, 9.17) is 14.2 Å². The molecule has 1 aliphatic rings. The van der Waals surface area contributed by atoms with Gasteiger partial charge in [-0.2, -0.15) is 0 Å². The summed E-state index contributed by atoms with van der Waals surface area (Å²) in [5.41, 5.74) is 10.6. The van der Waals surface area contributed by atoms with Crippen molar-refractivity contribution >= 4 is 5.97 Å². The van der Waals surface area contributed by atoms with Gasteiger partial charge in [0.25, 0.3) is 0 Å². The zero-order valence-corrected chi connectivity index (χ0v) is 26.6. The molecule has 5 heteroatoms. The van der Waals surface area contributed by atoms with E-state index in [1.807, 2.05) is 38.1 Å². The molecule has 2 unspecified atom stereocenters. The van der Waals surface area contributed by atoms with Crippen LogP contribution in [0.1, 0.15) is 60.2 Å². The third-order valence-electron chi connectivity index (χ3n) is 8.53. The second-order valence-corrected chi connectivity index (χ2v) is 11.4. The van der Waals surface area contributed by atoms with E-state index in [0.29, 0.717) is 26.2 Å². The summed E-state index contributed by atoms with van der Waals surface area (Å²) in [7, 11) is 2.21. The number of hydrogen-bond donors (Lipinski definition) is 0. The summed E-state index contributed by atoms with van der Waals surface area (Å²) in [4.78, 5) is 14.7. The number of rotatable bonds is 13. The average molecular weight is 592 g/mol. The first-order chi connectivity index (χ1) is 21.5. The Bertz CT molecular complexity index is 1520. The van der Waals surface area contributed by atoms with Crippen LogP contribution in [0.2, 0.25) is 0 Å². The van der Waals surface area contributed by atoms with Crippen LogP contribution in [0, 0.1) is 0 Å². The van der Waals surface area contributed by atoms with Crippen molar-refractivity contribution in [1.29, 1.82) is 0 Å². The number of benzene rings is 4. The van der Waals surface area contributed by atoms with Gasteiger partial charge in [0.15, 0.2) is 6.10 Å². The molecule has 0 radical (unpaired) electrons. The highest BCUT2D eigenvalue weighted by molar-refractivity contribution is 5.75. The number of carbonyl (C=O) groups excluding carboxylic acids is 1. The maximum absolute atomic E-state index is 12.3. The van der Waals surface area contributed by atoms with Crippen molar-refractivity contribution in [2.45, 2.75) is 58.6 Å². The van der Waals surface area contributed by atoms with Crippen molar-refractivity contribution in [3.05, 3.63) is 124 Å². The zero-order chi connectivity index (χ0) is 30.9. The Morgan fingerprint density at radius 2 is 1.48 bits per heavy atom. The Kier molecular flexibility index (Phi) is 10.9. The van der Waals surface area contributed by atoms with Gasteiger partial charge in [-0.05, 0) is 96.8 Å². The molecule has 0 aromatic heterocycles. The van der Waals surface area contributed by atoms with Crippen LogP contribution in [0.5, 0.6) is 5.75 Å². The minimum atomic E-state index is -0.595. The van der Waals surface area contributed by atoms with Crippen molar-refractivity contribution in [2.24, 2.45) is 0 Å². The van der Waals surface area contributed by atoms with Gasteiger partial charge in [0.1, 0.15) is 12.4 Å². The monoisotopic (exact) mass is 591 g/mol. The van der Waals surface area contributed by atoms with Gasteiger partial charge in [-0.3, -0.25) is 4.90 Å². The minimum Gasteiger partial charge on any atom is -0.492 e. The first-order valence-corrected chi connectivity index (χ1v) is 16.0. The standard InChI is InChI=1S/C39H45NO4/c1-5-28-15-21-35-32(25-28)16-17-33-27-31(30-11-9-8-10-12-30)18-22-36(33)38(35)40(4)23-24-44-34-19-13-29(14-20-34)26-37(42-6-2)39(41)43-7-3/h8-15,18-22,25,27,37-38H,5-7,16-17,23-24,26H2,1-4H3. The second kappa shape index (κ2) is 15.2. The lowest BCUT2D eigenvalue weighted by atomic mass is 9.90. The van der Waals surface area contributed by atoms with Crippen LogP contribution in [0.4, 0.5) is 0 Å². The van der Waals surface area contributed by atoms with Crippen LogP contribution in [-0.2, 0) is 40.0 Å². The minimum absolute atomic E-state index is 0.155. The Hall–Kier alpha value is -3.93. The maximum Gasteiger partial charge on any atom is 0.335 e. The SMILES string of the molecule is CCOC(=O)C(Cc1ccc(OCCN(C)C2c3ccc(CC)cc3CCc3cc(-c4ccccc4)ccc32)cc1)OCC. The summed E-state index contributed by atoms with van der Waals surface area (Å²) in [6.45, 7) is 8.06. The molecule has 1 aliphatic carbocycles. The van der Waals surface area contributed by atoms with Gasteiger partial charge in [0.2, 0.25) is 0 Å². The largest absolute Gasteiger partial charge is 0.492 e. The zero-order valence-electron chi connectivity index (χ0n) is 26.6. The molecule has 0 heterocycles. The van der Waals surface area contributed by atoms with Gasteiger partial charge in [-0.1, -0.05) is 85.8 Å². The Morgan fingerprint density at radius 3 is 2.16 bits per heavy atom. The fourth-order valence-electron chi connectivity index (χ4n) is 6.19. The number of nitrogens with zero attached hydrogens (tertiary/aromatic N) is 1. The Morgan fingerprint density at radius 1 is 0.795 bits per heavy atom. The van der Waals surface area contributed by atoms with Gasteiger partial charge in [-0.25, -0.2) is 4.79 Å². The number of ether oxygens (including phenoxy) is 3. The Balaban J connectivity index is 1.30. The lowest BCUT2D eigenvalue weighted by molar-refractivity contribution is -0.156. The van der Waals surface area contributed by atoms with E-state index in [1.54, 1.807) is 0 Å². The molecular formula is C39H45NO4. The van der Waals surface area contributed by atoms with Crippen LogP contribution in [0.15, 0.2) is 91.0 Å². The van der Waals surface area contributed by atoms with Crippen molar-refractivity contribution < 1.29 is 19.0 Å². The van der Waals surface area contributed by atoms with Crippen LogP contribution >= 0.6 is 0 Å². The Labute approximate surface area is 262 Å². The fraction of sp³-hybridized carbons (Fsp3) is 0.359. The van der Waals surface area contributed by atoms with Crippen molar-refractivity contribution in [3.63, 3.8) is 0 Å². The molecule has 230 valence electrons. The normalized spacial score (nSPS) is 14.8. The third kappa shape index (κ3) is 7.58. The van der Waals surface area contributed by atoms with E-state index in [-0.39, 0.29) is 12.0 Å². The molecule has 4 aromatic carbocycles. The van der Waals surface area contributed by atoms with E-state index < -0.39 is 6.10 Å². The molecule has 5 nitrogen and oxygen atoms in total. The van der Waals surface area contributed by atoms with E-state index in [0.717, 1.165) is 37.1 Å². The third-order valence-corrected chi connectivity index (χ3v) is 8.53. The molecule has 5 rings (SSSR count). The molecule has 4 aromatic rings. The van der Waals surface area contributed by atoms with Gasteiger partial charge < -0.3 is 14.2 Å². The number of carbonyl (C=O) groups is 1. The van der Waals surface area contributed by atoms with Gasteiger partial charge in [0.05, 0.1) is 12.6 Å².